The van der Waals surface area contributed by atoms with E-state index in [4.69, 9.17) is 16.3 Å². The van der Waals surface area contributed by atoms with Gasteiger partial charge in [0.15, 0.2) is 0 Å². The highest BCUT2D eigenvalue weighted by atomic mass is 35.5. The van der Waals surface area contributed by atoms with Crippen LogP contribution in [0.2, 0.25) is 5.02 Å². The van der Waals surface area contributed by atoms with Gasteiger partial charge in [0.05, 0.1) is 0 Å². The predicted octanol–water partition coefficient (Wildman–Crippen LogP) is 5.67. The first-order valence-corrected chi connectivity index (χ1v) is 9.08. The van der Waals surface area contributed by atoms with E-state index in [2.05, 4.69) is 62.1 Å². The third kappa shape index (κ3) is 5.25. The van der Waals surface area contributed by atoms with Crippen molar-refractivity contribution in [1.29, 1.82) is 0 Å². The molecule has 0 unspecified atom stereocenters. The lowest BCUT2D eigenvalue weighted by Crippen LogP contribution is -2.28. The summed E-state index contributed by atoms with van der Waals surface area (Å²) in [6, 6.07) is 14.7. The van der Waals surface area contributed by atoms with E-state index in [1.165, 1.54) is 11.1 Å². The maximum atomic E-state index is 6.26. The summed E-state index contributed by atoms with van der Waals surface area (Å²) in [6.45, 7) is 12.1. The van der Waals surface area contributed by atoms with Crippen LogP contribution in [0.4, 0.5) is 0 Å². The molecular formula is C21H28ClNO. The Morgan fingerprint density at radius 2 is 1.83 bits per heavy atom. The maximum Gasteiger partial charge on any atom is 0.123 e. The van der Waals surface area contributed by atoms with Gasteiger partial charge in [-0.2, -0.15) is 0 Å². The van der Waals surface area contributed by atoms with Crippen LogP contribution in [0.25, 0.3) is 0 Å². The Balaban J connectivity index is 1.96. The van der Waals surface area contributed by atoms with Crippen molar-refractivity contribution in [2.24, 2.45) is 0 Å². The third-order valence-corrected chi connectivity index (χ3v) is 4.68. The van der Waals surface area contributed by atoms with Gasteiger partial charge in [0.2, 0.25) is 0 Å². The molecule has 2 aromatic carbocycles. The van der Waals surface area contributed by atoms with Crippen molar-refractivity contribution >= 4 is 11.6 Å². The van der Waals surface area contributed by atoms with E-state index in [0.717, 1.165) is 36.0 Å². The van der Waals surface area contributed by atoms with Gasteiger partial charge in [-0.25, -0.2) is 0 Å². The SMILES string of the molecule is CCN(CCOc1cc(C)c(Cl)cc1C(C)C)Cc1ccccc1. The quantitative estimate of drug-likeness (QED) is 0.611. The minimum absolute atomic E-state index is 0.393. The van der Waals surface area contributed by atoms with E-state index in [0.29, 0.717) is 12.5 Å². The fourth-order valence-electron chi connectivity index (χ4n) is 2.72. The lowest BCUT2D eigenvalue weighted by molar-refractivity contribution is 0.208. The monoisotopic (exact) mass is 345 g/mol. The van der Waals surface area contributed by atoms with Gasteiger partial charge in [-0.15, -0.1) is 0 Å². The molecule has 0 amide bonds. The molecule has 0 spiro atoms. The molecule has 0 N–H and O–H groups in total. The number of aryl methyl sites for hydroxylation is 1. The molecular weight excluding hydrogens is 318 g/mol. The number of likely N-dealkylation sites (N-methyl/N-ethyl adjacent to an activating group) is 1. The summed E-state index contributed by atoms with van der Waals surface area (Å²) in [5, 5.41) is 0.810. The third-order valence-electron chi connectivity index (χ3n) is 4.27. The Morgan fingerprint density at radius 3 is 2.46 bits per heavy atom. The van der Waals surface area contributed by atoms with Gasteiger partial charge in [-0.05, 0) is 48.2 Å². The summed E-state index contributed by atoms with van der Waals surface area (Å²) in [5.74, 6) is 1.35. The van der Waals surface area contributed by atoms with Crippen LogP contribution in [-0.4, -0.2) is 24.6 Å². The minimum atomic E-state index is 0.393. The Kier molecular flexibility index (Phi) is 7.14. The molecule has 24 heavy (non-hydrogen) atoms. The van der Waals surface area contributed by atoms with Crippen molar-refractivity contribution in [2.45, 2.75) is 40.2 Å². The van der Waals surface area contributed by atoms with Gasteiger partial charge in [0.1, 0.15) is 12.4 Å². The van der Waals surface area contributed by atoms with E-state index >= 15 is 0 Å². The molecule has 2 rings (SSSR count). The molecule has 3 heteroatoms. The summed E-state index contributed by atoms with van der Waals surface area (Å²) < 4.78 is 6.10. The van der Waals surface area contributed by atoms with Crippen molar-refractivity contribution in [3.8, 4) is 5.75 Å². The van der Waals surface area contributed by atoms with E-state index in [1.54, 1.807) is 0 Å². The number of halogens is 1. The van der Waals surface area contributed by atoms with Crippen molar-refractivity contribution in [1.82, 2.24) is 4.90 Å². The normalized spacial score (nSPS) is 11.3. The number of nitrogens with zero attached hydrogens (tertiary/aromatic N) is 1. The largest absolute Gasteiger partial charge is 0.492 e. The van der Waals surface area contributed by atoms with Gasteiger partial charge in [-0.1, -0.05) is 62.7 Å². The van der Waals surface area contributed by atoms with Gasteiger partial charge in [0, 0.05) is 18.1 Å². The molecule has 0 bridgehead atoms. The Hall–Kier alpha value is -1.51. The smallest absolute Gasteiger partial charge is 0.123 e. The molecule has 0 heterocycles. The molecule has 0 fully saturated rings. The number of hydrogen-bond acceptors (Lipinski definition) is 2. The molecule has 0 aromatic heterocycles. The van der Waals surface area contributed by atoms with Gasteiger partial charge < -0.3 is 4.74 Å². The molecule has 0 aliphatic heterocycles. The maximum absolute atomic E-state index is 6.26. The number of hydrogen-bond donors (Lipinski definition) is 0. The first-order valence-electron chi connectivity index (χ1n) is 8.70. The average molecular weight is 346 g/mol. The van der Waals surface area contributed by atoms with Crippen LogP contribution in [0.3, 0.4) is 0 Å². The lowest BCUT2D eigenvalue weighted by Gasteiger charge is -2.22. The second-order valence-electron chi connectivity index (χ2n) is 6.50. The molecule has 0 atom stereocenters. The average Bonchev–Trinajstić information content (AvgIpc) is 2.57. The Morgan fingerprint density at radius 1 is 1.12 bits per heavy atom. The summed E-state index contributed by atoms with van der Waals surface area (Å²) in [6.07, 6.45) is 0. The van der Waals surface area contributed by atoms with Crippen LogP contribution < -0.4 is 4.74 Å². The van der Waals surface area contributed by atoms with E-state index in [9.17, 15) is 0 Å². The zero-order valence-corrected chi connectivity index (χ0v) is 15.9. The first-order chi connectivity index (χ1) is 11.5. The van der Waals surface area contributed by atoms with Crippen LogP contribution >= 0.6 is 11.6 Å². The highest BCUT2D eigenvalue weighted by molar-refractivity contribution is 6.31. The highest BCUT2D eigenvalue weighted by Crippen LogP contribution is 2.32. The second-order valence-corrected chi connectivity index (χ2v) is 6.90. The lowest BCUT2D eigenvalue weighted by atomic mass is 10.0. The van der Waals surface area contributed by atoms with Crippen molar-refractivity contribution < 1.29 is 4.74 Å². The topological polar surface area (TPSA) is 12.5 Å². The summed E-state index contributed by atoms with van der Waals surface area (Å²) in [4.78, 5) is 2.40. The van der Waals surface area contributed by atoms with Crippen LogP contribution in [-0.2, 0) is 6.54 Å². The van der Waals surface area contributed by atoms with Crippen LogP contribution in [0, 0.1) is 6.92 Å². The molecule has 2 nitrogen and oxygen atoms in total. The Labute approximate surface area is 151 Å². The summed E-state index contributed by atoms with van der Waals surface area (Å²) >= 11 is 6.26. The number of rotatable bonds is 8. The summed E-state index contributed by atoms with van der Waals surface area (Å²) in [5.41, 5.74) is 3.58. The van der Waals surface area contributed by atoms with E-state index in [1.807, 2.05) is 13.0 Å². The van der Waals surface area contributed by atoms with Crippen LogP contribution in [0.5, 0.6) is 5.75 Å². The molecule has 0 saturated heterocycles. The first kappa shape index (κ1) is 18.8. The van der Waals surface area contributed by atoms with Gasteiger partial charge in [0.25, 0.3) is 0 Å². The molecule has 0 aliphatic rings. The number of benzene rings is 2. The van der Waals surface area contributed by atoms with Crippen molar-refractivity contribution in [3.63, 3.8) is 0 Å². The summed E-state index contributed by atoms with van der Waals surface area (Å²) in [7, 11) is 0. The number of ether oxygens (including phenoxy) is 1. The zero-order chi connectivity index (χ0) is 17.5. The van der Waals surface area contributed by atoms with E-state index in [-0.39, 0.29) is 0 Å². The highest BCUT2D eigenvalue weighted by Gasteiger charge is 2.12. The van der Waals surface area contributed by atoms with Gasteiger partial charge >= 0.3 is 0 Å². The zero-order valence-electron chi connectivity index (χ0n) is 15.2. The van der Waals surface area contributed by atoms with Crippen LogP contribution in [0.1, 0.15) is 43.4 Å². The molecule has 0 aliphatic carbocycles. The van der Waals surface area contributed by atoms with Crippen LogP contribution in [0.15, 0.2) is 42.5 Å². The van der Waals surface area contributed by atoms with Gasteiger partial charge in [-0.3, -0.25) is 4.90 Å². The minimum Gasteiger partial charge on any atom is -0.492 e. The fourth-order valence-corrected chi connectivity index (χ4v) is 2.89. The second kappa shape index (κ2) is 9.10. The molecule has 130 valence electrons. The van der Waals surface area contributed by atoms with E-state index < -0.39 is 0 Å². The fraction of sp³-hybridized carbons (Fsp3) is 0.429. The molecule has 0 radical (unpaired) electrons. The van der Waals surface area contributed by atoms with Crippen molar-refractivity contribution in [3.05, 3.63) is 64.2 Å². The Bertz CT molecular complexity index is 640. The molecule has 2 aromatic rings. The molecule has 0 saturated carbocycles. The predicted molar refractivity (Wildman–Crippen MR) is 103 cm³/mol. The standard InChI is InChI=1S/C21H28ClNO/c1-5-23(15-18-9-7-6-8-10-18)11-12-24-21-13-17(4)20(22)14-19(21)16(2)3/h6-10,13-14,16H,5,11-12,15H2,1-4H3. The van der Waals surface area contributed by atoms with Crippen molar-refractivity contribution in [2.75, 3.05) is 19.7 Å².